The number of fused-ring (bicyclic) bond motifs is 2. The minimum atomic E-state index is -0.239. The van der Waals surface area contributed by atoms with Crippen molar-refractivity contribution in [3.63, 3.8) is 0 Å². The number of methoxy groups -OCH3 is 1. The lowest BCUT2D eigenvalue weighted by molar-refractivity contribution is -0.126. The topological polar surface area (TPSA) is 61.9 Å². The number of nitrogens with one attached hydrogen (secondary N) is 1. The van der Waals surface area contributed by atoms with Crippen molar-refractivity contribution < 1.29 is 14.3 Å². The summed E-state index contributed by atoms with van der Waals surface area (Å²) in [6, 6.07) is 15.9. The van der Waals surface area contributed by atoms with Crippen molar-refractivity contribution in [2.24, 2.45) is 0 Å². The fraction of sp³-hybridized carbons (Fsp3) is 0.333. The van der Waals surface area contributed by atoms with Crippen LogP contribution in [0.25, 0.3) is 11.1 Å². The van der Waals surface area contributed by atoms with Crippen LogP contribution in [0.1, 0.15) is 6.42 Å². The molecule has 2 fully saturated rings. The van der Waals surface area contributed by atoms with Gasteiger partial charge in [0, 0.05) is 13.6 Å². The highest BCUT2D eigenvalue weighted by Gasteiger charge is 2.51. The average Bonchev–Trinajstić information content (AvgIpc) is 3.25. The minimum absolute atomic E-state index is 0.0404. The zero-order valence-electron chi connectivity index (χ0n) is 15.5. The Morgan fingerprint density at radius 2 is 1.96 bits per heavy atom. The molecule has 0 aliphatic carbocycles. The number of nitrogens with zero attached hydrogens (tertiary/aromatic N) is 2. The van der Waals surface area contributed by atoms with Crippen LogP contribution in [0.2, 0.25) is 0 Å². The molecule has 0 aromatic heterocycles. The molecule has 2 heterocycles. The molecule has 4 rings (SSSR count). The predicted molar refractivity (Wildman–Crippen MR) is 104 cm³/mol. The molecule has 2 aromatic rings. The van der Waals surface area contributed by atoms with Crippen LogP contribution in [-0.4, -0.2) is 56.0 Å². The number of hydrogen-bond acceptors (Lipinski definition) is 4. The van der Waals surface area contributed by atoms with Crippen molar-refractivity contribution >= 4 is 17.5 Å². The van der Waals surface area contributed by atoms with Crippen LogP contribution in [0.3, 0.4) is 0 Å². The van der Waals surface area contributed by atoms with Gasteiger partial charge in [-0.3, -0.25) is 14.5 Å². The predicted octanol–water partition coefficient (Wildman–Crippen LogP) is 1.90. The molecular weight excluding hydrogens is 342 g/mol. The van der Waals surface area contributed by atoms with E-state index in [1.165, 1.54) is 0 Å². The van der Waals surface area contributed by atoms with E-state index < -0.39 is 0 Å². The Labute approximate surface area is 158 Å². The number of anilines is 1. The SMILES string of the molecule is CNC(=O)CN1C[C@@H]2C[C@H]1C(=O)N2c1cc(-c2ccccc2)ccc1OC. The van der Waals surface area contributed by atoms with Crippen molar-refractivity contribution in [3.05, 3.63) is 48.5 Å². The van der Waals surface area contributed by atoms with E-state index in [-0.39, 0.29) is 30.4 Å². The fourth-order valence-electron chi connectivity index (χ4n) is 4.11. The van der Waals surface area contributed by atoms with E-state index in [1.807, 2.05) is 46.2 Å². The summed E-state index contributed by atoms with van der Waals surface area (Å²) in [4.78, 5) is 28.6. The molecule has 0 saturated carbocycles. The Kier molecular flexibility index (Phi) is 4.58. The lowest BCUT2D eigenvalue weighted by atomic mass is 10.0. The summed E-state index contributed by atoms with van der Waals surface area (Å²) in [5.41, 5.74) is 2.94. The van der Waals surface area contributed by atoms with Gasteiger partial charge in [-0.05, 0) is 29.7 Å². The average molecular weight is 365 g/mol. The summed E-state index contributed by atoms with van der Waals surface area (Å²) in [6.07, 6.45) is 0.745. The molecule has 2 saturated heterocycles. The summed E-state index contributed by atoms with van der Waals surface area (Å²) in [5.74, 6) is 0.664. The first kappa shape index (κ1) is 17.5. The van der Waals surface area contributed by atoms with E-state index in [0.717, 1.165) is 23.2 Å². The number of ether oxygens (including phenoxy) is 1. The maximum atomic E-state index is 13.1. The van der Waals surface area contributed by atoms with E-state index >= 15 is 0 Å². The molecule has 0 unspecified atom stereocenters. The smallest absolute Gasteiger partial charge is 0.244 e. The molecule has 6 nitrogen and oxygen atoms in total. The first-order valence-electron chi connectivity index (χ1n) is 9.13. The van der Waals surface area contributed by atoms with Crippen LogP contribution < -0.4 is 15.0 Å². The molecule has 2 aliphatic rings. The van der Waals surface area contributed by atoms with Crippen molar-refractivity contribution in [2.45, 2.75) is 18.5 Å². The summed E-state index contributed by atoms with van der Waals surface area (Å²) in [7, 11) is 3.24. The molecule has 6 heteroatoms. The summed E-state index contributed by atoms with van der Waals surface area (Å²) < 4.78 is 5.54. The van der Waals surface area contributed by atoms with Gasteiger partial charge in [-0.2, -0.15) is 0 Å². The Morgan fingerprint density at radius 3 is 2.63 bits per heavy atom. The second-order valence-electron chi connectivity index (χ2n) is 6.97. The number of benzene rings is 2. The van der Waals surface area contributed by atoms with Gasteiger partial charge >= 0.3 is 0 Å². The van der Waals surface area contributed by atoms with Gasteiger partial charge in [0.1, 0.15) is 5.75 Å². The largest absolute Gasteiger partial charge is 0.495 e. The van der Waals surface area contributed by atoms with Crippen LogP contribution >= 0.6 is 0 Å². The van der Waals surface area contributed by atoms with Gasteiger partial charge in [0.2, 0.25) is 11.8 Å². The molecule has 2 atom stereocenters. The van der Waals surface area contributed by atoms with Gasteiger partial charge in [-0.1, -0.05) is 36.4 Å². The highest BCUT2D eigenvalue weighted by atomic mass is 16.5. The number of piperazine rings is 1. The van der Waals surface area contributed by atoms with Crippen LogP contribution in [0, 0.1) is 0 Å². The van der Waals surface area contributed by atoms with Gasteiger partial charge in [0.05, 0.1) is 31.4 Å². The molecule has 1 N–H and O–H groups in total. The number of likely N-dealkylation sites (N-methyl/N-ethyl adjacent to an activating group) is 1. The molecule has 0 spiro atoms. The highest BCUT2D eigenvalue weighted by molar-refractivity contribution is 6.03. The zero-order valence-corrected chi connectivity index (χ0v) is 15.5. The quantitative estimate of drug-likeness (QED) is 0.879. The molecule has 2 amide bonds. The first-order valence-corrected chi connectivity index (χ1v) is 9.13. The van der Waals surface area contributed by atoms with Gasteiger partial charge in [0.25, 0.3) is 0 Å². The summed E-state index contributed by atoms with van der Waals surface area (Å²) in [6.45, 7) is 0.959. The van der Waals surface area contributed by atoms with E-state index in [4.69, 9.17) is 4.74 Å². The third-order valence-corrected chi connectivity index (χ3v) is 5.44. The Morgan fingerprint density at radius 1 is 1.19 bits per heavy atom. The van der Waals surface area contributed by atoms with Gasteiger partial charge in [-0.25, -0.2) is 0 Å². The van der Waals surface area contributed by atoms with Gasteiger partial charge in [-0.15, -0.1) is 0 Å². The maximum absolute atomic E-state index is 13.1. The first-order chi connectivity index (χ1) is 13.1. The zero-order chi connectivity index (χ0) is 19.0. The van der Waals surface area contributed by atoms with Crippen LogP contribution in [0.4, 0.5) is 5.69 Å². The standard InChI is InChI=1S/C21H23N3O3/c1-22-20(25)13-23-12-16-11-18(23)21(26)24(16)17-10-15(8-9-19(17)27-2)14-6-4-3-5-7-14/h3-10,16,18H,11-13H2,1-2H3,(H,22,25)/t16-,18-/m0/s1. The summed E-state index contributed by atoms with van der Waals surface area (Å²) in [5, 5.41) is 2.63. The van der Waals surface area contributed by atoms with Crippen molar-refractivity contribution in [2.75, 3.05) is 32.1 Å². The Balaban J connectivity index is 1.64. The van der Waals surface area contributed by atoms with E-state index in [1.54, 1.807) is 14.2 Å². The van der Waals surface area contributed by atoms with E-state index in [2.05, 4.69) is 17.4 Å². The Hall–Kier alpha value is -2.86. The van der Waals surface area contributed by atoms with Crippen LogP contribution in [0.5, 0.6) is 5.75 Å². The van der Waals surface area contributed by atoms with E-state index in [0.29, 0.717) is 12.3 Å². The third kappa shape index (κ3) is 3.06. The number of likely N-dealkylation sites (tertiary alicyclic amines) is 1. The van der Waals surface area contributed by atoms with Crippen molar-refractivity contribution in [1.82, 2.24) is 10.2 Å². The maximum Gasteiger partial charge on any atom is 0.244 e. The molecule has 140 valence electrons. The molecule has 2 bridgehead atoms. The highest BCUT2D eigenvalue weighted by Crippen LogP contribution is 2.41. The lowest BCUT2D eigenvalue weighted by Gasteiger charge is -2.34. The molecule has 2 aromatic carbocycles. The molecule has 0 radical (unpaired) electrons. The number of rotatable bonds is 5. The molecular formula is C21H23N3O3. The lowest BCUT2D eigenvalue weighted by Crippen LogP contribution is -2.52. The normalized spacial score (nSPS) is 21.6. The molecule has 2 aliphatic heterocycles. The number of amides is 2. The van der Waals surface area contributed by atoms with Crippen LogP contribution in [-0.2, 0) is 9.59 Å². The number of carbonyl (C=O) groups excluding carboxylic acids is 2. The third-order valence-electron chi connectivity index (χ3n) is 5.44. The van der Waals surface area contributed by atoms with Gasteiger partial charge in [0.15, 0.2) is 0 Å². The monoisotopic (exact) mass is 365 g/mol. The molecule has 27 heavy (non-hydrogen) atoms. The van der Waals surface area contributed by atoms with E-state index in [9.17, 15) is 9.59 Å². The fourth-order valence-corrected chi connectivity index (χ4v) is 4.11. The number of hydrogen-bond donors (Lipinski definition) is 1. The minimum Gasteiger partial charge on any atom is -0.495 e. The second kappa shape index (κ2) is 7.04. The number of carbonyl (C=O) groups is 2. The second-order valence-corrected chi connectivity index (χ2v) is 6.97. The van der Waals surface area contributed by atoms with Crippen molar-refractivity contribution in [3.8, 4) is 16.9 Å². The van der Waals surface area contributed by atoms with Gasteiger partial charge < -0.3 is 15.0 Å². The Bertz CT molecular complexity index is 868. The van der Waals surface area contributed by atoms with Crippen LogP contribution in [0.15, 0.2) is 48.5 Å². The van der Waals surface area contributed by atoms with Crippen molar-refractivity contribution in [1.29, 1.82) is 0 Å². The summed E-state index contributed by atoms with van der Waals surface area (Å²) >= 11 is 0.